The Bertz CT molecular complexity index is 331. The van der Waals surface area contributed by atoms with Gasteiger partial charge in [-0.2, -0.15) is 0 Å². The molecule has 0 saturated carbocycles. The molecule has 3 nitrogen and oxygen atoms in total. The highest BCUT2D eigenvalue weighted by Crippen LogP contribution is 2.21. The second-order valence-corrected chi connectivity index (χ2v) is 3.64. The number of halogens is 1. The Hall–Kier alpha value is -0.770. The van der Waals surface area contributed by atoms with Crippen LogP contribution in [0.5, 0.6) is 0 Å². The molecule has 1 rings (SSSR count). The van der Waals surface area contributed by atoms with E-state index in [0.29, 0.717) is 12.3 Å². The molecule has 1 aromatic rings. The van der Waals surface area contributed by atoms with Crippen molar-refractivity contribution in [2.24, 2.45) is 7.05 Å². The van der Waals surface area contributed by atoms with Crippen molar-refractivity contribution < 1.29 is 9.53 Å². The van der Waals surface area contributed by atoms with Gasteiger partial charge in [-0.1, -0.05) is 0 Å². The molecule has 4 heteroatoms. The molecule has 0 aliphatic heterocycles. The molecule has 0 aliphatic rings. The minimum Gasteiger partial charge on any atom is -0.461 e. The van der Waals surface area contributed by atoms with Crippen LogP contribution in [-0.4, -0.2) is 17.1 Å². The summed E-state index contributed by atoms with van der Waals surface area (Å²) in [5.41, 5.74) is 1.52. The summed E-state index contributed by atoms with van der Waals surface area (Å²) in [6, 6.07) is 0. The second-order valence-electron chi connectivity index (χ2n) is 2.78. The zero-order valence-corrected chi connectivity index (χ0v) is 9.51. The van der Waals surface area contributed by atoms with Crippen LogP contribution < -0.4 is 0 Å². The van der Waals surface area contributed by atoms with Crippen molar-refractivity contribution in [3.8, 4) is 0 Å². The number of aryl methyl sites for hydroxylation is 1. The van der Waals surface area contributed by atoms with E-state index in [9.17, 15) is 4.79 Å². The average molecular weight is 246 g/mol. The van der Waals surface area contributed by atoms with Gasteiger partial charge in [0.1, 0.15) is 5.69 Å². The normalized spacial score (nSPS) is 10.2. The Kier molecular flexibility index (Phi) is 3.14. The maximum Gasteiger partial charge on any atom is 0.355 e. The predicted molar refractivity (Wildman–Crippen MR) is 53.8 cm³/mol. The minimum absolute atomic E-state index is 0.270. The standard InChI is InChI=1S/C9H12BrNO2/c1-4-13-9(12)8-6(2)7(10)5-11(8)3/h5H,4H2,1-3H3. The van der Waals surface area contributed by atoms with E-state index in [0.717, 1.165) is 10.0 Å². The van der Waals surface area contributed by atoms with Crippen LogP contribution in [0.1, 0.15) is 23.0 Å². The topological polar surface area (TPSA) is 31.2 Å². The van der Waals surface area contributed by atoms with Gasteiger partial charge < -0.3 is 9.30 Å². The van der Waals surface area contributed by atoms with E-state index in [1.807, 2.05) is 20.2 Å². The summed E-state index contributed by atoms with van der Waals surface area (Å²) in [5, 5.41) is 0. The SMILES string of the molecule is CCOC(=O)c1c(C)c(Br)cn1C. The van der Waals surface area contributed by atoms with Crippen molar-refractivity contribution in [1.82, 2.24) is 4.57 Å². The lowest BCUT2D eigenvalue weighted by Gasteiger charge is -2.03. The molecule has 0 atom stereocenters. The quantitative estimate of drug-likeness (QED) is 0.749. The van der Waals surface area contributed by atoms with E-state index in [-0.39, 0.29) is 5.97 Å². The predicted octanol–water partition coefficient (Wildman–Crippen LogP) is 2.27. The Balaban J connectivity index is 3.06. The van der Waals surface area contributed by atoms with Gasteiger partial charge in [-0.3, -0.25) is 0 Å². The van der Waals surface area contributed by atoms with Crippen molar-refractivity contribution in [1.29, 1.82) is 0 Å². The first kappa shape index (κ1) is 10.3. The van der Waals surface area contributed by atoms with Gasteiger partial charge in [0, 0.05) is 17.7 Å². The first-order chi connectivity index (χ1) is 6.07. The van der Waals surface area contributed by atoms with Crippen LogP contribution in [0.25, 0.3) is 0 Å². The third-order valence-electron chi connectivity index (χ3n) is 1.84. The molecule has 0 bridgehead atoms. The highest BCUT2D eigenvalue weighted by Gasteiger charge is 2.16. The lowest BCUT2D eigenvalue weighted by molar-refractivity contribution is 0.0514. The molecule has 72 valence electrons. The van der Waals surface area contributed by atoms with Crippen LogP contribution in [-0.2, 0) is 11.8 Å². The van der Waals surface area contributed by atoms with Gasteiger partial charge in [0.05, 0.1) is 6.61 Å². The molecule has 13 heavy (non-hydrogen) atoms. The molecule has 0 amide bonds. The van der Waals surface area contributed by atoms with Crippen LogP contribution in [0.3, 0.4) is 0 Å². The Morgan fingerprint density at radius 1 is 1.69 bits per heavy atom. The van der Waals surface area contributed by atoms with Crippen molar-refractivity contribution in [2.45, 2.75) is 13.8 Å². The van der Waals surface area contributed by atoms with Crippen LogP contribution in [0.4, 0.5) is 0 Å². The maximum absolute atomic E-state index is 11.4. The lowest BCUT2D eigenvalue weighted by atomic mass is 10.3. The molecular weight excluding hydrogens is 234 g/mol. The number of nitrogens with zero attached hydrogens (tertiary/aromatic N) is 1. The summed E-state index contributed by atoms with van der Waals surface area (Å²) in [6.45, 7) is 4.09. The fourth-order valence-corrected chi connectivity index (χ4v) is 1.70. The third-order valence-corrected chi connectivity index (χ3v) is 2.64. The fraction of sp³-hybridized carbons (Fsp3) is 0.444. The Morgan fingerprint density at radius 2 is 2.31 bits per heavy atom. The molecule has 0 fully saturated rings. The number of hydrogen-bond acceptors (Lipinski definition) is 2. The smallest absolute Gasteiger partial charge is 0.355 e. The van der Waals surface area contributed by atoms with Crippen LogP contribution in [0.15, 0.2) is 10.7 Å². The van der Waals surface area contributed by atoms with Gasteiger partial charge in [-0.15, -0.1) is 0 Å². The second kappa shape index (κ2) is 3.96. The van der Waals surface area contributed by atoms with E-state index < -0.39 is 0 Å². The highest BCUT2D eigenvalue weighted by atomic mass is 79.9. The van der Waals surface area contributed by atoms with E-state index in [1.165, 1.54) is 0 Å². The van der Waals surface area contributed by atoms with Crippen LogP contribution in [0.2, 0.25) is 0 Å². The van der Waals surface area contributed by atoms with Crippen molar-refractivity contribution >= 4 is 21.9 Å². The molecule has 0 aliphatic carbocycles. The third kappa shape index (κ3) is 1.94. The number of carbonyl (C=O) groups is 1. The maximum atomic E-state index is 11.4. The summed E-state index contributed by atoms with van der Waals surface area (Å²) < 4.78 is 7.61. The summed E-state index contributed by atoms with van der Waals surface area (Å²) >= 11 is 3.36. The summed E-state index contributed by atoms with van der Waals surface area (Å²) in [5.74, 6) is -0.270. The van der Waals surface area contributed by atoms with E-state index in [4.69, 9.17) is 4.74 Å². The molecule has 0 unspecified atom stereocenters. The number of rotatable bonds is 2. The molecule has 0 radical (unpaired) electrons. The average Bonchev–Trinajstić information content (AvgIpc) is 2.27. The zero-order chi connectivity index (χ0) is 10.0. The van der Waals surface area contributed by atoms with Gasteiger partial charge in [-0.05, 0) is 35.3 Å². The Labute approximate surface area is 85.8 Å². The molecule has 0 spiro atoms. The van der Waals surface area contributed by atoms with E-state index in [1.54, 1.807) is 11.5 Å². The minimum atomic E-state index is -0.270. The van der Waals surface area contributed by atoms with Crippen molar-refractivity contribution in [2.75, 3.05) is 6.61 Å². The summed E-state index contributed by atoms with van der Waals surface area (Å²) in [7, 11) is 1.82. The van der Waals surface area contributed by atoms with Gasteiger partial charge in [0.2, 0.25) is 0 Å². The number of esters is 1. The van der Waals surface area contributed by atoms with Crippen LogP contribution in [0, 0.1) is 6.92 Å². The molecule has 1 heterocycles. The molecule has 0 aromatic carbocycles. The van der Waals surface area contributed by atoms with Gasteiger partial charge in [0.25, 0.3) is 0 Å². The first-order valence-corrected chi connectivity index (χ1v) is 4.85. The molecule has 0 saturated heterocycles. The highest BCUT2D eigenvalue weighted by molar-refractivity contribution is 9.10. The number of ether oxygens (including phenoxy) is 1. The summed E-state index contributed by atoms with van der Waals surface area (Å²) in [6.07, 6.45) is 1.85. The lowest BCUT2D eigenvalue weighted by Crippen LogP contribution is -2.10. The number of aromatic nitrogens is 1. The monoisotopic (exact) mass is 245 g/mol. The number of hydrogen-bond donors (Lipinski definition) is 0. The molecule has 0 N–H and O–H groups in total. The fourth-order valence-electron chi connectivity index (χ4n) is 1.21. The van der Waals surface area contributed by atoms with Crippen molar-refractivity contribution in [3.63, 3.8) is 0 Å². The first-order valence-electron chi connectivity index (χ1n) is 4.06. The van der Waals surface area contributed by atoms with E-state index >= 15 is 0 Å². The number of carbonyl (C=O) groups excluding carboxylic acids is 1. The Morgan fingerprint density at radius 3 is 2.69 bits per heavy atom. The molecule has 1 aromatic heterocycles. The van der Waals surface area contributed by atoms with Crippen molar-refractivity contribution in [3.05, 3.63) is 21.9 Å². The molecular formula is C9H12BrNO2. The van der Waals surface area contributed by atoms with E-state index in [2.05, 4.69) is 15.9 Å². The van der Waals surface area contributed by atoms with Gasteiger partial charge >= 0.3 is 5.97 Å². The summed E-state index contributed by atoms with van der Waals surface area (Å²) in [4.78, 5) is 11.4. The van der Waals surface area contributed by atoms with Crippen LogP contribution >= 0.6 is 15.9 Å². The largest absolute Gasteiger partial charge is 0.461 e. The van der Waals surface area contributed by atoms with Gasteiger partial charge in [0.15, 0.2) is 0 Å². The zero-order valence-electron chi connectivity index (χ0n) is 7.93. The van der Waals surface area contributed by atoms with Gasteiger partial charge in [-0.25, -0.2) is 4.79 Å².